The Morgan fingerprint density at radius 1 is 1.12 bits per heavy atom. The normalized spacial score (nSPS) is 19.8. The van der Waals surface area contributed by atoms with E-state index in [0.717, 1.165) is 0 Å². The van der Waals surface area contributed by atoms with E-state index in [-0.39, 0.29) is 28.7 Å². The van der Waals surface area contributed by atoms with E-state index in [1.807, 2.05) is 6.07 Å². The molecule has 0 aliphatic heterocycles. The minimum Gasteiger partial charge on any atom is -0.467 e. The molecule has 0 spiro atoms. The molecule has 1 heterocycles. The molecule has 0 radical (unpaired) electrons. The Bertz CT molecular complexity index is 771. The third-order valence-electron chi connectivity index (χ3n) is 4.67. The molecule has 1 aromatic carbocycles. The van der Waals surface area contributed by atoms with Crippen LogP contribution in [0.1, 0.15) is 31.4 Å². The lowest BCUT2D eigenvalue weighted by molar-refractivity contribution is -0.128. The predicted molar refractivity (Wildman–Crippen MR) is 96.0 cm³/mol. The summed E-state index contributed by atoms with van der Waals surface area (Å²) < 4.78 is 18.4. The van der Waals surface area contributed by atoms with Crippen LogP contribution in [-0.4, -0.2) is 11.8 Å². The van der Waals surface area contributed by atoms with E-state index >= 15 is 0 Å². The average Bonchev–Trinajstić information content (AvgIpc) is 3.16. The molecule has 1 aromatic heterocycles. The number of hydrogen-bond donors (Lipinski definition) is 2. The smallest absolute Gasteiger partial charge is 0.227 e. The van der Waals surface area contributed by atoms with Crippen molar-refractivity contribution in [2.75, 3.05) is 5.32 Å². The number of anilines is 1. The standard InChI is InChI=1S/C19H20ClFN2O3/c20-16-10-14(7-8-17(16)21)23-19(25)13-5-3-12(4-6-13)18(24)22-11-15-2-1-9-26-15/h1-2,7-10,12-13H,3-6,11H2,(H,22,24)(H,23,25). The second-order valence-electron chi connectivity index (χ2n) is 6.46. The molecule has 0 bridgehead atoms. The minimum absolute atomic E-state index is 0.00873. The number of halogens is 2. The molecule has 0 unspecified atom stereocenters. The molecule has 138 valence electrons. The number of nitrogens with one attached hydrogen (secondary N) is 2. The molecule has 3 rings (SSSR count). The third kappa shape index (κ3) is 4.64. The molecule has 7 heteroatoms. The lowest BCUT2D eigenvalue weighted by Gasteiger charge is -2.27. The second kappa shape index (κ2) is 8.36. The highest BCUT2D eigenvalue weighted by molar-refractivity contribution is 6.31. The van der Waals surface area contributed by atoms with Gasteiger partial charge in [-0.05, 0) is 56.0 Å². The van der Waals surface area contributed by atoms with Crippen LogP contribution in [0.2, 0.25) is 5.02 Å². The van der Waals surface area contributed by atoms with Crippen LogP contribution in [0.15, 0.2) is 41.0 Å². The zero-order chi connectivity index (χ0) is 18.5. The van der Waals surface area contributed by atoms with Crippen molar-refractivity contribution in [2.45, 2.75) is 32.2 Å². The van der Waals surface area contributed by atoms with Crippen LogP contribution in [-0.2, 0) is 16.1 Å². The van der Waals surface area contributed by atoms with E-state index in [2.05, 4.69) is 10.6 Å². The maximum atomic E-state index is 13.2. The fourth-order valence-corrected chi connectivity index (χ4v) is 3.35. The van der Waals surface area contributed by atoms with Crippen LogP contribution < -0.4 is 10.6 Å². The van der Waals surface area contributed by atoms with Gasteiger partial charge >= 0.3 is 0 Å². The van der Waals surface area contributed by atoms with Gasteiger partial charge in [-0.25, -0.2) is 4.39 Å². The Hall–Kier alpha value is -2.34. The van der Waals surface area contributed by atoms with Gasteiger partial charge < -0.3 is 15.1 Å². The van der Waals surface area contributed by atoms with Crippen LogP contribution in [0.5, 0.6) is 0 Å². The number of carbonyl (C=O) groups is 2. The number of rotatable bonds is 5. The zero-order valence-corrected chi connectivity index (χ0v) is 14.9. The quantitative estimate of drug-likeness (QED) is 0.821. The predicted octanol–water partition coefficient (Wildman–Crippen LogP) is 4.13. The Kier molecular flexibility index (Phi) is 5.93. The molecule has 2 N–H and O–H groups in total. The number of carbonyl (C=O) groups excluding carboxylic acids is 2. The zero-order valence-electron chi connectivity index (χ0n) is 14.1. The van der Waals surface area contributed by atoms with Crippen molar-refractivity contribution >= 4 is 29.1 Å². The van der Waals surface area contributed by atoms with Crippen molar-refractivity contribution in [3.63, 3.8) is 0 Å². The molecule has 1 aliphatic rings. The lowest BCUT2D eigenvalue weighted by atomic mass is 9.81. The van der Waals surface area contributed by atoms with Gasteiger partial charge in [0.2, 0.25) is 11.8 Å². The van der Waals surface area contributed by atoms with Gasteiger partial charge in [-0.15, -0.1) is 0 Å². The largest absolute Gasteiger partial charge is 0.467 e. The Morgan fingerprint density at radius 2 is 1.81 bits per heavy atom. The molecular weight excluding hydrogens is 359 g/mol. The van der Waals surface area contributed by atoms with E-state index in [1.165, 1.54) is 18.2 Å². The first-order valence-corrected chi connectivity index (χ1v) is 8.96. The Labute approximate surface area is 155 Å². The molecular formula is C19H20ClFN2O3. The number of hydrogen-bond acceptors (Lipinski definition) is 3. The Balaban J connectivity index is 1.45. The SMILES string of the molecule is O=C(NCc1ccco1)C1CCC(C(=O)Nc2ccc(F)c(Cl)c2)CC1. The van der Waals surface area contributed by atoms with E-state index in [0.29, 0.717) is 43.7 Å². The first-order chi connectivity index (χ1) is 12.5. The summed E-state index contributed by atoms with van der Waals surface area (Å²) in [5, 5.41) is 5.60. The number of benzene rings is 1. The van der Waals surface area contributed by atoms with E-state index in [1.54, 1.807) is 12.3 Å². The van der Waals surface area contributed by atoms with E-state index in [4.69, 9.17) is 16.0 Å². The molecule has 1 aliphatic carbocycles. The highest BCUT2D eigenvalue weighted by Gasteiger charge is 2.30. The van der Waals surface area contributed by atoms with Crippen molar-refractivity contribution in [1.82, 2.24) is 5.32 Å². The monoisotopic (exact) mass is 378 g/mol. The molecule has 1 fully saturated rings. The van der Waals surface area contributed by atoms with Crippen molar-refractivity contribution in [1.29, 1.82) is 0 Å². The maximum absolute atomic E-state index is 13.2. The summed E-state index contributed by atoms with van der Waals surface area (Å²) in [7, 11) is 0. The first kappa shape index (κ1) is 18.5. The van der Waals surface area contributed by atoms with E-state index < -0.39 is 5.82 Å². The summed E-state index contributed by atoms with van der Waals surface area (Å²) >= 11 is 5.73. The van der Waals surface area contributed by atoms with Gasteiger partial charge in [0.05, 0.1) is 17.8 Å². The van der Waals surface area contributed by atoms with Gasteiger partial charge in [0.1, 0.15) is 11.6 Å². The molecule has 5 nitrogen and oxygen atoms in total. The van der Waals surface area contributed by atoms with Crippen molar-refractivity contribution in [2.24, 2.45) is 11.8 Å². The second-order valence-corrected chi connectivity index (χ2v) is 6.87. The minimum atomic E-state index is -0.522. The highest BCUT2D eigenvalue weighted by Crippen LogP contribution is 2.30. The van der Waals surface area contributed by atoms with Crippen molar-refractivity contribution in [3.05, 3.63) is 53.2 Å². The third-order valence-corrected chi connectivity index (χ3v) is 4.96. The van der Waals surface area contributed by atoms with Gasteiger partial charge in [0.15, 0.2) is 0 Å². The van der Waals surface area contributed by atoms with Crippen LogP contribution in [0, 0.1) is 17.7 Å². The molecule has 26 heavy (non-hydrogen) atoms. The molecule has 0 saturated heterocycles. The lowest BCUT2D eigenvalue weighted by Crippen LogP contribution is -2.35. The van der Waals surface area contributed by atoms with Crippen LogP contribution in [0.25, 0.3) is 0 Å². The summed E-state index contributed by atoms with van der Waals surface area (Å²) in [5.41, 5.74) is 0.472. The number of amides is 2. The fourth-order valence-electron chi connectivity index (χ4n) is 3.17. The molecule has 2 amide bonds. The Morgan fingerprint density at radius 3 is 2.42 bits per heavy atom. The summed E-state index contributed by atoms with van der Waals surface area (Å²) in [4.78, 5) is 24.6. The molecule has 2 aromatic rings. The van der Waals surface area contributed by atoms with Gasteiger partial charge in [-0.1, -0.05) is 11.6 Å². The van der Waals surface area contributed by atoms with Crippen molar-refractivity contribution < 1.29 is 18.4 Å². The number of furan rings is 1. The van der Waals surface area contributed by atoms with Gasteiger partial charge in [0.25, 0.3) is 0 Å². The molecule has 1 saturated carbocycles. The summed E-state index contributed by atoms with van der Waals surface area (Å²) in [6.07, 6.45) is 4.16. The van der Waals surface area contributed by atoms with Crippen LogP contribution in [0.3, 0.4) is 0 Å². The van der Waals surface area contributed by atoms with E-state index in [9.17, 15) is 14.0 Å². The van der Waals surface area contributed by atoms with Gasteiger partial charge in [-0.3, -0.25) is 9.59 Å². The highest BCUT2D eigenvalue weighted by atomic mass is 35.5. The average molecular weight is 379 g/mol. The van der Waals surface area contributed by atoms with Crippen molar-refractivity contribution in [3.8, 4) is 0 Å². The maximum Gasteiger partial charge on any atom is 0.227 e. The molecule has 0 atom stereocenters. The first-order valence-electron chi connectivity index (χ1n) is 8.59. The van der Waals surface area contributed by atoms with Crippen LogP contribution in [0.4, 0.5) is 10.1 Å². The van der Waals surface area contributed by atoms with Gasteiger partial charge in [0, 0.05) is 17.5 Å². The topological polar surface area (TPSA) is 71.3 Å². The van der Waals surface area contributed by atoms with Crippen LogP contribution >= 0.6 is 11.6 Å². The van der Waals surface area contributed by atoms with Gasteiger partial charge in [-0.2, -0.15) is 0 Å². The summed E-state index contributed by atoms with van der Waals surface area (Å²) in [5.74, 6) is -0.190. The summed E-state index contributed by atoms with van der Waals surface area (Å²) in [6, 6.07) is 7.68. The summed E-state index contributed by atoms with van der Waals surface area (Å²) in [6.45, 7) is 0.373. The fraction of sp³-hybridized carbons (Fsp3) is 0.368.